The summed E-state index contributed by atoms with van der Waals surface area (Å²) >= 11 is 0. The van der Waals surface area contributed by atoms with Gasteiger partial charge in [0.25, 0.3) is 0 Å². The van der Waals surface area contributed by atoms with Crippen LogP contribution in [0.2, 0.25) is 0 Å². The molecule has 110 valence electrons. The molecule has 2 unspecified atom stereocenters. The summed E-state index contributed by atoms with van der Waals surface area (Å²) in [5.74, 6) is -1.54. The molecule has 0 aliphatic heterocycles. The average Bonchev–Trinajstić information content (AvgIpc) is 2.28. The van der Waals surface area contributed by atoms with Crippen LogP contribution >= 0.6 is 0 Å². The first-order chi connectivity index (χ1) is 8.61. The summed E-state index contributed by atoms with van der Waals surface area (Å²) in [6.07, 6.45) is 0.206. The summed E-state index contributed by atoms with van der Waals surface area (Å²) in [4.78, 5) is 20.6. The van der Waals surface area contributed by atoms with E-state index in [0.717, 1.165) is 0 Å². The van der Waals surface area contributed by atoms with Crippen molar-refractivity contribution in [2.75, 3.05) is 0 Å². The first kappa shape index (κ1) is 19.7. The maximum absolute atomic E-state index is 10.5. The quantitative estimate of drug-likeness (QED) is 0.396. The highest BCUT2D eigenvalue weighted by atomic mass is 16.6. The van der Waals surface area contributed by atoms with Crippen molar-refractivity contribution in [2.24, 2.45) is 0 Å². The van der Waals surface area contributed by atoms with Gasteiger partial charge in [0.15, 0.2) is 6.29 Å². The summed E-state index contributed by atoms with van der Waals surface area (Å²) in [5.41, 5.74) is 0.477. The van der Waals surface area contributed by atoms with Crippen LogP contribution in [0.15, 0.2) is 23.8 Å². The summed E-state index contributed by atoms with van der Waals surface area (Å²) in [7, 11) is 0. The molecule has 0 aromatic carbocycles. The van der Waals surface area contributed by atoms with E-state index in [4.69, 9.17) is 15.3 Å². The summed E-state index contributed by atoms with van der Waals surface area (Å²) in [5, 5.41) is 25.8. The number of carboxylic acid groups (broad SMARTS) is 1. The van der Waals surface area contributed by atoms with E-state index < -0.39 is 24.3 Å². The Morgan fingerprint density at radius 3 is 2.00 bits per heavy atom. The fraction of sp³-hybridized carbons (Fsp3) is 0.538. The molecule has 6 nitrogen and oxygen atoms in total. The largest absolute Gasteiger partial charge is 0.478 e. The molecule has 2 atom stereocenters. The second-order valence-electron chi connectivity index (χ2n) is 3.92. The lowest BCUT2D eigenvalue weighted by Gasteiger charge is -2.04. The third-order valence-corrected chi connectivity index (χ3v) is 1.82. The van der Waals surface area contributed by atoms with Crippen molar-refractivity contribution in [1.82, 2.24) is 0 Å². The highest BCUT2D eigenvalue weighted by Crippen LogP contribution is 1.98. The van der Waals surface area contributed by atoms with Gasteiger partial charge in [-0.2, -0.15) is 0 Å². The Kier molecular flexibility index (Phi) is 10.6. The maximum atomic E-state index is 10.5. The molecule has 0 saturated heterocycles. The van der Waals surface area contributed by atoms with Gasteiger partial charge in [-0.05, 0) is 33.3 Å². The molecule has 0 spiro atoms. The van der Waals surface area contributed by atoms with Crippen molar-refractivity contribution in [3.05, 3.63) is 23.8 Å². The van der Waals surface area contributed by atoms with Crippen LogP contribution < -0.4 is 0 Å². The van der Waals surface area contributed by atoms with Gasteiger partial charge in [-0.15, -0.1) is 0 Å². The number of carbonyl (C=O) groups excluding carboxylic acids is 1. The van der Waals surface area contributed by atoms with E-state index >= 15 is 0 Å². The second-order valence-corrected chi connectivity index (χ2v) is 3.92. The Bertz CT molecular complexity index is 343. The number of hydrogen-bond acceptors (Lipinski definition) is 5. The molecule has 0 fully saturated rings. The topological polar surface area (TPSA) is 104 Å². The minimum atomic E-state index is -1.05. The predicted molar refractivity (Wildman–Crippen MR) is 70.3 cm³/mol. The van der Waals surface area contributed by atoms with Gasteiger partial charge in [0.1, 0.15) is 0 Å². The van der Waals surface area contributed by atoms with Crippen LogP contribution in [0, 0.1) is 0 Å². The Hall–Kier alpha value is -1.66. The molecule has 0 bridgehead atoms. The lowest BCUT2D eigenvalue weighted by Crippen LogP contribution is -2.13. The highest BCUT2D eigenvalue weighted by Gasteiger charge is 2.05. The molecular weight excluding hydrogens is 252 g/mol. The van der Waals surface area contributed by atoms with Crippen LogP contribution in [0.3, 0.4) is 0 Å². The number of ether oxygens (including phenoxy) is 1. The standard InChI is InChI=1S/C7H12O3.C6H10O3/c1-3-6(8)4-5(2)7(9)10;1-4(2)6(8)9-5(3)7/h4,6,8H,3H2,1-2H3,(H,9,10);5,7H,1H2,2-3H3. The average molecular weight is 274 g/mol. The van der Waals surface area contributed by atoms with Gasteiger partial charge in [0.2, 0.25) is 0 Å². The third-order valence-electron chi connectivity index (χ3n) is 1.82. The van der Waals surface area contributed by atoms with E-state index in [2.05, 4.69) is 11.3 Å². The van der Waals surface area contributed by atoms with Crippen molar-refractivity contribution in [3.63, 3.8) is 0 Å². The second kappa shape index (κ2) is 10.3. The van der Waals surface area contributed by atoms with Crippen LogP contribution in [-0.2, 0) is 14.3 Å². The smallest absolute Gasteiger partial charge is 0.335 e. The SMILES string of the molecule is C=C(C)C(=O)OC(C)O.CCC(O)C=C(C)C(=O)O. The van der Waals surface area contributed by atoms with E-state index in [0.29, 0.717) is 6.42 Å². The monoisotopic (exact) mass is 274 g/mol. The van der Waals surface area contributed by atoms with Gasteiger partial charge < -0.3 is 20.1 Å². The Morgan fingerprint density at radius 1 is 1.32 bits per heavy atom. The summed E-state index contributed by atoms with van der Waals surface area (Å²) in [6, 6.07) is 0. The molecular formula is C13H22O6. The molecule has 0 amide bonds. The summed E-state index contributed by atoms with van der Waals surface area (Å²) in [6.45, 7) is 9.45. The van der Waals surface area contributed by atoms with Crippen molar-refractivity contribution in [1.29, 1.82) is 0 Å². The van der Waals surface area contributed by atoms with Crippen molar-refractivity contribution in [3.8, 4) is 0 Å². The number of aliphatic hydroxyl groups excluding tert-OH is 2. The fourth-order valence-electron chi connectivity index (χ4n) is 0.733. The van der Waals surface area contributed by atoms with Crippen molar-refractivity contribution in [2.45, 2.75) is 46.5 Å². The zero-order valence-corrected chi connectivity index (χ0v) is 11.7. The van der Waals surface area contributed by atoms with Gasteiger partial charge in [0, 0.05) is 11.1 Å². The first-order valence-electron chi connectivity index (χ1n) is 5.76. The number of carboxylic acids is 1. The zero-order valence-electron chi connectivity index (χ0n) is 11.7. The molecule has 0 aromatic rings. The Morgan fingerprint density at radius 2 is 1.79 bits per heavy atom. The lowest BCUT2D eigenvalue weighted by atomic mass is 10.2. The fourth-order valence-corrected chi connectivity index (χ4v) is 0.733. The first-order valence-corrected chi connectivity index (χ1v) is 5.76. The molecule has 3 N–H and O–H groups in total. The van der Waals surface area contributed by atoms with Crippen LogP contribution in [0.1, 0.15) is 34.1 Å². The van der Waals surface area contributed by atoms with Gasteiger partial charge >= 0.3 is 11.9 Å². The maximum Gasteiger partial charge on any atom is 0.335 e. The lowest BCUT2D eigenvalue weighted by molar-refractivity contribution is -0.159. The van der Waals surface area contributed by atoms with Crippen LogP contribution in [0.25, 0.3) is 0 Å². The van der Waals surface area contributed by atoms with E-state index in [1.807, 2.05) is 0 Å². The molecule has 19 heavy (non-hydrogen) atoms. The van der Waals surface area contributed by atoms with Gasteiger partial charge in [0.05, 0.1) is 6.10 Å². The molecule has 0 radical (unpaired) electrons. The molecule has 0 heterocycles. The zero-order chi connectivity index (χ0) is 15.6. The third kappa shape index (κ3) is 12.6. The predicted octanol–water partition coefficient (Wildman–Crippen LogP) is 1.23. The van der Waals surface area contributed by atoms with Crippen molar-refractivity contribution < 1.29 is 29.6 Å². The number of rotatable bonds is 5. The molecule has 0 rings (SSSR count). The molecule has 0 aliphatic rings. The highest BCUT2D eigenvalue weighted by molar-refractivity contribution is 5.87. The number of aliphatic carboxylic acids is 1. The molecule has 0 saturated carbocycles. The van der Waals surface area contributed by atoms with E-state index in [-0.39, 0.29) is 11.1 Å². The number of aliphatic hydroxyl groups is 2. The number of carbonyl (C=O) groups is 2. The van der Waals surface area contributed by atoms with Crippen molar-refractivity contribution >= 4 is 11.9 Å². The van der Waals surface area contributed by atoms with E-state index in [1.165, 1.54) is 26.8 Å². The number of esters is 1. The van der Waals surface area contributed by atoms with Gasteiger partial charge in [-0.3, -0.25) is 0 Å². The Labute approximate surface area is 113 Å². The normalized spacial score (nSPS) is 13.7. The van der Waals surface area contributed by atoms with Gasteiger partial charge in [-0.1, -0.05) is 13.5 Å². The Balaban J connectivity index is 0. The van der Waals surface area contributed by atoms with Crippen LogP contribution in [0.5, 0.6) is 0 Å². The van der Waals surface area contributed by atoms with Gasteiger partial charge in [-0.25, -0.2) is 9.59 Å². The minimum Gasteiger partial charge on any atom is -0.478 e. The molecule has 0 aliphatic carbocycles. The minimum absolute atomic E-state index is 0.189. The van der Waals surface area contributed by atoms with Crippen LogP contribution in [-0.4, -0.2) is 39.7 Å². The molecule has 6 heteroatoms. The van der Waals surface area contributed by atoms with E-state index in [1.54, 1.807) is 6.92 Å². The molecule has 0 aromatic heterocycles. The number of hydrogen-bond donors (Lipinski definition) is 3. The van der Waals surface area contributed by atoms with Crippen LogP contribution in [0.4, 0.5) is 0 Å². The summed E-state index contributed by atoms with van der Waals surface area (Å²) < 4.78 is 4.33. The van der Waals surface area contributed by atoms with E-state index in [9.17, 15) is 9.59 Å².